The van der Waals surface area contributed by atoms with Gasteiger partial charge in [0.15, 0.2) is 0 Å². The zero-order chi connectivity index (χ0) is 14.1. The van der Waals surface area contributed by atoms with E-state index in [0.717, 1.165) is 32.1 Å². The maximum atomic E-state index is 12.0. The van der Waals surface area contributed by atoms with Crippen LogP contribution in [0.1, 0.15) is 44.9 Å². The van der Waals surface area contributed by atoms with Gasteiger partial charge in [0.2, 0.25) is 5.91 Å². The molecule has 3 aliphatic carbocycles. The summed E-state index contributed by atoms with van der Waals surface area (Å²) >= 11 is 0. The normalized spacial score (nSPS) is 36.4. The van der Waals surface area contributed by atoms with Crippen molar-refractivity contribution in [2.75, 3.05) is 6.54 Å². The molecule has 3 fully saturated rings. The Hall–Kier alpha value is -1.10. The van der Waals surface area contributed by atoms with Gasteiger partial charge in [-0.3, -0.25) is 9.59 Å². The molecule has 3 aliphatic rings. The van der Waals surface area contributed by atoms with Crippen LogP contribution in [0.5, 0.6) is 0 Å². The first-order chi connectivity index (χ1) is 9.65. The van der Waals surface area contributed by atoms with E-state index in [9.17, 15) is 14.7 Å². The first-order valence-electron chi connectivity index (χ1n) is 7.90. The van der Waals surface area contributed by atoms with E-state index in [-0.39, 0.29) is 23.8 Å². The second-order valence-electron chi connectivity index (χ2n) is 6.65. The van der Waals surface area contributed by atoms with E-state index >= 15 is 0 Å². The predicted molar refractivity (Wildman–Crippen MR) is 74.1 cm³/mol. The summed E-state index contributed by atoms with van der Waals surface area (Å²) < 4.78 is 0. The lowest BCUT2D eigenvalue weighted by Gasteiger charge is -2.29. The van der Waals surface area contributed by atoms with Crippen molar-refractivity contribution in [1.29, 1.82) is 0 Å². The SMILES string of the molecule is O=C(CNC1CCCC1)NC1C2CCC(C2)C1C(=O)O. The average Bonchev–Trinajstić information content (AvgIpc) is 3.12. The van der Waals surface area contributed by atoms with Crippen molar-refractivity contribution >= 4 is 11.9 Å². The molecular weight excluding hydrogens is 256 g/mol. The molecule has 0 radical (unpaired) electrons. The zero-order valence-corrected chi connectivity index (χ0v) is 11.8. The number of rotatable bonds is 5. The zero-order valence-electron chi connectivity index (χ0n) is 11.8. The molecule has 1 amide bonds. The molecule has 0 spiro atoms. The molecule has 4 atom stereocenters. The first-order valence-corrected chi connectivity index (χ1v) is 7.90. The van der Waals surface area contributed by atoms with Crippen molar-refractivity contribution in [1.82, 2.24) is 10.6 Å². The van der Waals surface area contributed by atoms with Gasteiger partial charge in [0.1, 0.15) is 0 Å². The van der Waals surface area contributed by atoms with Gasteiger partial charge in [-0.1, -0.05) is 12.8 Å². The number of amides is 1. The third kappa shape index (κ3) is 2.68. The molecule has 3 N–H and O–H groups in total. The van der Waals surface area contributed by atoms with Gasteiger partial charge in [-0.2, -0.15) is 0 Å². The van der Waals surface area contributed by atoms with Gasteiger partial charge in [-0.05, 0) is 43.9 Å². The molecule has 3 saturated carbocycles. The van der Waals surface area contributed by atoms with Crippen molar-refractivity contribution < 1.29 is 14.7 Å². The number of hydrogen-bond acceptors (Lipinski definition) is 3. The molecule has 0 heterocycles. The van der Waals surface area contributed by atoms with Crippen molar-refractivity contribution in [2.24, 2.45) is 17.8 Å². The van der Waals surface area contributed by atoms with E-state index in [2.05, 4.69) is 10.6 Å². The van der Waals surface area contributed by atoms with Crippen LogP contribution in [0.4, 0.5) is 0 Å². The minimum Gasteiger partial charge on any atom is -0.481 e. The summed E-state index contributed by atoms with van der Waals surface area (Å²) in [4.78, 5) is 23.4. The smallest absolute Gasteiger partial charge is 0.308 e. The number of aliphatic carboxylic acids is 1. The summed E-state index contributed by atoms with van der Waals surface area (Å²) in [6.45, 7) is 0.324. The van der Waals surface area contributed by atoms with Crippen molar-refractivity contribution in [3.8, 4) is 0 Å². The Morgan fingerprint density at radius 3 is 2.45 bits per heavy atom. The number of nitrogens with one attached hydrogen (secondary N) is 2. The standard InChI is InChI=1S/C15H24N2O3/c18-12(8-16-11-3-1-2-4-11)17-14-10-6-5-9(7-10)13(14)15(19)20/h9-11,13-14,16H,1-8H2,(H,17,18)(H,19,20). The lowest BCUT2D eigenvalue weighted by molar-refractivity contribution is -0.144. The minimum absolute atomic E-state index is 0.0410. The maximum Gasteiger partial charge on any atom is 0.308 e. The van der Waals surface area contributed by atoms with Crippen LogP contribution >= 0.6 is 0 Å². The highest BCUT2D eigenvalue weighted by atomic mass is 16.4. The lowest BCUT2D eigenvalue weighted by atomic mass is 9.84. The van der Waals surface area contributed by atoms with Crippen LogP contribution in [0.3, 0.4) is 0 Å². The van der Waals surface area contributed by atoms with Gasteiger partial charge in [-0.15, -0.1) is 0 Å². The number of carbonyl (C=O) groups is 2. The van der Waals surface area contributed by atoms with Crippen molar-refractivity contribution in [3.63, 3.8) is 0 Å². The number of hydrogen-bond donors (Lipinski definition) is 3. The van der Waals surface area contributed by atoms with Crippen LogP contribution in [-0.2, 0) is 9.59 Å². The summed E-state index contributed by atoms with van der Waals surface area (Å²) in [5.41, 5.74) is 0. The van der Waals surface area contributed by atoms with Gasteiger partial charge < -0.3 is 15.7 Å². The lowest BCUT2D eigenvalue weighted by Crippen LogP contribution is -2.49. The number of carbonyl (C=O) groups excluding carboxylic acids is 1. The predicted octanol–water partition coefficient (Wildman–Crippen LogP) is 1.13. The Balaban J connectivity index is 1.51. The first kappa shape index (κ1) is 13.9. The molecule has 3 rings (SSSR count). The van der Waals surface area contributed by atoms with E-state index in [1.807, 2.05) is 0 Å². The molecule has 2 bridgehead atoms. The summed E-state index contributed by atoms with van der Waals surface area (Å²) in [6.07, 6.45) is 7.83. The highest BCUT2D eigenvalue weighted by molar-refractivity contribution is 5.80. The fourth-order valence-corrected chi connectivity index (χ4v) is 4.46. The fraction of sp³-hybridized carbons (Fsp3) is 0.867. The molecule has 0 aliphatic heterocycles. The Morgan fingerprint density at radius 1 is 1.05 bits per heavy atom. The van der Waals surface area contributed by atoms with Gasteiger partial charge in [0.25, 0.3) is 0 Å². The van der Waals surface area contributed by atoms with Crippen LogP contribution in [0.15, 0.2) is 0 Å². The van der Waals surface area contributed by atoms with E-state index < -0.39 is 5.97 Å². The van der Waals surface area contributed by atoms with Crippen molar-refractivity contribution in [2.45, 2.75) is 57.0 Å². The van der Waals surface area contributed by atoms with E-state index in [0.29, 0.717) is 18.5 Å². The van der Waals surface area contributed by atoms with Crippen LogP contribution in [0, 0.1) is 17.8 Å². The number of fused-ring (bicyclic) bond motifs is 2. The molecule has 0 aromatic carbocycles. The van der Waals surface area contributed by atoms with E-state index in [1.54, 1.807) is 0 Å². The van der Waals surface area contributed by atoms with E-state index in [1.165, 1.54) is 12.8 Å². The molecule has 20 heavy (non-hydrogen) atoms. The van der Waals surface area contributed by atoms with Crippen LogP contribution in [-0.4, -0.2) is 35.6 Å². The maximum absolute atomic E-state index is 12.0. The number of carboxylic acids is 1. The van der Waals surface area contributed by atoms with Crippen LogP contribution in [0.25, 0.3) is 0 Å². The molecule has 4 unspecified atom stereocenters. The minimum atomic E-state index is -0.744. The van der Waals surface area contributed by atoms with Crippen LogP contribution in [0.2, 0.25) is 0 Å². The monoisotopic (exact) mass is 280 g/mol. The fourth-order valence-electron chi connectivity index (χ4n) is 4.46. The van der Waals surface area contributed by atoms with Gasteiger partial charge in [-0.25, -0.2) is 0 Å². The number of carboxylic acid groups (broad SMARTS) is 1. The quantitative estimate of drug-likeness (QED) is 0.705. The molecule has 5 heteroatoms. The Labute approximate surface area is 119 Å². The second-order valence-corrected chi connectivity index (χ2v) is 6.65. The third-order valence-corrected chi connectivity index (χ3v) is 5.44. The molecule has 0 saturated heterocycles. The third-order valence-electron chi connectivity index (χ3n) is 5.44. The second kappa shape index (κ2) is 5.72. The van der Waals surface area contributed by atoms with Gasteiger partial charge in [0.05, 0.1) is 12.5 Å². The molecule has 112 valence electrons. The summed E-state index contributed by atoms with van der Waals surface area (Å²) in [5, 5.41) is 15.6. The van der Waals surface area contributed by atoms with Gasteiger partial charge in [0, 0.05) is 12.1 Å². The van der Waals surface area contributed by atoms with E-state index in [4.69, 9.17) is 0 Å². The summed E-state index contributed by atoms with van der Waals surface area (Å²) in [5.74, 6) is -0.516. The Kier molecular flexibility index (Phi) is 3.96. The summed E-state index contributed by atoms with van der Waals surface area (Å²) in [7, 11) is 0. The molecule has 5 nitrogen and oxygen atoms in total. The molecule has 0 aromatic rings. The molecular formula is C15H24N2O3. The van der Waals surface area contributed by atoms with Crippen molar-refractivity contribution in [3.05, 3.63) is 0 Å². The highest BCUT2D eigenvalue weighted by Crippen LogP contribution is 2.48. The Bertz CT molecular complexity index is 393. The van der Waals surface area contributed by atoms with Crippen LogP contribution < -0.4 is 10.6 Å². The largest absolute Gasteiger partial charge is 0.481 e. The highest BCUT2D eigenvalue weighted by Gasteiger charge is 2.51. The summed E-state index contributed by atoms with van der Waals surface area (Å²) in [6, 6.07) is 0.320. The molecule has 0 aromatic heterocycles. The average molecular weight is 280 g/mol. The Morgan fingerprint density at radius 2 is 1.75 bits per heavy atom. The topological polar surface area (TPSA) is 78.4 Å². The van der Waals surface area contributed by atoms with Gasteiger partial charge >= 0.3 is 5.97 Å².